The predicted octanol–water partition coefficient (Wildman–Crippen LogP) is 4.53. The van der Waals surface area contributed by atoms with Crippen LogP contribution in [0.25, 0.3) is 0 Å². The fraction of sp³-hybridized carbons (Fsp3) is 0.600. The molecule has 3 rings (SSSR count). The van der Waals surface area contributed by atoms with Crippen LogP contribution in [0.15, 0.2) is 30.6 Å². The van der Waals surface area contributed by atoms with E-state index in [0.29, 0.717) is 17.8 Å². The molecular formula is C25H39N5. The number of aryl methyl sites for hydroxylation is 3. The Morgan fingerprint density at radius 1 is 0.833 bits per heavy atom. The number of aromatic nitrogens is 5. The molecule has 3 heterocycles. The SMILES string of the molecule is CC(C)Cc1cn(C)nc1CC(C)Cc1cc(CC(C)Cc2cccn2C)nn1C. The maximum absolute atomic E-state index is 4.81. The van der Waals surface area contributed by atoms with Crippen LogP contribution in [0.2, 0.25) is 0 Å². The summed E-state index contributed by atoms with van der Waals surface area (Å²) < 4.78 is 6.26. The van der Waals surface area contributed by atoms with Gasteiger partial charge in [-0.1, -0.05) is 27.7 Å². The van der Waals surface area contributed by atoms with Crippen molar-refractivity contribution in [3.8, 4) is 0 Å². The summed E-state index contributed by atoms with van der Waals surface area (Å²) >= 11 is 0. The van der Waals surface area contributed by atoms with Gasteiger partial charge in [0.2, 0.25) is 0 Å². The molecule has 0 saturated heterocycles. The Morgan fingerprint density at radius 3 is 2.20 bits per heavy atom. The molecule has 0 amide bonds. The summed E-state index contributed by atoms with van der Waals surface area (Å²) in [5, 5.41) is 9.56. The fourth-order valence-corrected chi connectivity index (χ4v) is 4.48. The van der Waals surface area contributed by atoms with Crippen molar-refractivity contribution in [2.45, 2.75) is 59.8 Å². The minimum atomic E-state index is 0.537. The summed E-state index contributed by atoms with van der Waals surface area (Å²) in [5.74, 6) is 1.76. The zero-order chi connectivity index (χ0) is 21.8. The van der Waals surface area contributed by atoms with Gasteiger partial charge in [-0.15, -0.1) is 0 Å². The Bertz CT molecular complexity index is 943. The summed E-state index contributed by atoms with van der Waals surface area (Å²) in [4.78, 5) is 0. The van der Waals surface area contributed by atoms with Crippen LogP contribution >= 0.6 is 0 Å². The van der Waals surface area contributed by atoms with Crippen molar-refractivity contribution in [3.05, 3.63) is 58.9 Å². The third kappa shape index (κ3) is 5.87. The highest BCUT2D eigenvalue weighted by molar-refractivity contribution is 5.19. The average Bonchev–Trinajstić information content (AvgIpc) is 3.28. The van der Waals surface area contributed by atoms with E-state index in [4.69, 9.17) is 10.2 Å². The van der Waals surface area contributed by atoms with Crippen molar-refractivity contribution in [1.29, 1.82) is 0 Å². The van der Waals surface area contributed by atoms with E-state index in [2.05, 4.69) is 81.6 Å². The second kappa shape index (κ2) is 9.67. The van der Waals surface area contributed by atoms with E-state index in [1.807, 2.05) is 11.7 Å². The molecule has 0 saturated carbocycles. The van der Waals surface area contributed by atoms with Crippen molar-refractivity contribution >= 4 is 0 Å². The molecule has 0 fully saturated rings. The van der Waals surface area contributed by atoms with E-state index in [1.54, 1.807) is 0 Å². The highest BCUT2D eigenvalue weighted by atomic mass is 15.3. The normalized spacial score (nSPS) is 13.9. The Kier molecular flexibility index (Phi) is 7.22. The molecule has 164 valence electrons. The molecular weight excluding hydrogens is 370 g/mol. The van der Waals surface area contributed by atoms with Crippen LogP contribution in [0.4, 0.5) is 0 Å². The third-order valence-electron chi connectivity index (χ3n) is 5.91. The van der Waals surface area contributed by atoms with Gasteiger partial charge in [-0.05, 0) is 73.6 Å². The van der Waals surface area contributed by atoms with Crippen molar-refractivity contribution in [2.24, 2.45) is 38.9 Å². The first-order valence-electron chi connectivity index (χ1n) is 11.3. The monoisotopic (exact) mass is 409 g/mol. The molecule has 2 atom stereocenters. The Hall–Kier alpha value is -2.30. The summed E-state index contributed by atoms with van der Waals surface area (Å²) in [6.45, 7) is 9.20. The molecule has 2 unspecified atom stereocenters. The lowest BCUT2D eigenvalue weighted by Crippen LogP contribution is -2.10. The number of hydrogen-bond donors (Lipinski definition) is 0. The van der Waals surface area contributed by atoms with Gasteiger partial charge < -0.3 is 4.57 Å². The quantitative estimate of drug-likeness (QED) is 0.493. The summed E-state index contributed by atoms with van der Waals surface area (Å²) in [5.41, 5.74) is 6.58. The van der Waals surface area contributed by atoms with E-state index in [9.17, 15) is 0 Å². The largest absolute Gasteiger partial charge is 0.354 e. The van der Waals surface area contributed by atoms with E-state index in [-0.39, 0.29) is 0 Å². The van der Waals surface area contributed by atoms with E-state index < -0.39 is 0 Å². The van der Waals surface area contributed by atoms with Gasteiger partial charge in [0.1, 0.15) is 0 Å². The van der Waals surface area contributed by atoms with Crippen LogP contribution in [0.1, 0.15) is 56.0 Å². The lowest BCUT2D eigenvalue weighted by molar-refractivity contribution is 0.527. The van der Waals surface area contributed by atoms with E-state index in [1.165, 1.54) is 28.3 Å². The van der Waals surface area contributed by atoms with Gasteiger partial charge in [-0.3, -0.25) is 9.36 Å². The molecule has 0 radical (unpaired) electrons. The molecule has 5 nitrogen and oxygen atoms in total. The van der Waals surface area contributed by atoms with E-state index >= 15 is 0 Å². The lowest BCUT2D eigenvalue weighted by atomic mass is 9.94. The molecule has 0 aliphatic heterocycles. The van der Waals surface area contributed by atoms with Gasteiger partial charge in [0.15, 0.2) is 0 Å². The molecule has 0 aromatic carbocycles. The molecule has 5 heteroatoms. The topological polar surface area (TPSA) is 40.6 Å². The minimum Gasteiger partial charge on any atom is -0.354 e. The van der Waals surface area contributed by atoms with Crippen LogP contribution < -0.4 is 0 Å². The van der Waals surface area contributed by atoms with Crippen LogP contribution in [0.3, 0.4) is 0 Å². The van der Waals surface area contributed by atoms with E-state index in [0.717, 1.165) is 32.1 Å². The second-order valence-electron chi connectivity index (χ2n) is 9.76. The Morgan fingerprint density at radius 2 is 1.53 bits per heavy atom. The van der Waals surface area contributed by atoms with Crippen molar-refractivity contribution < 1.29 is 0 Å². The van der Waals surface area contributed by atoms with Gasteiger partial charge in [0.25, 0.3) is 0 Å². The Labute approximate surface area is 182 Å². The van der Waals surface area contributed by atoms with Crippen LogP contribution in [-0.4, -0.2) is 24.1 Å². The van der Waals surface area contributed by atoms with Crippen LogP contribution in [-0.2, 0) is 53.2 Å². The molecule has 3 aromatic heterocycles. The molecule has 3 aromatic rings. The number of rotatable bonds is 10. The highest BCUT2D eigenvalue weighted by Crippen LogP contribution is 2.20. The summed E-state index contributed by atoms with van der Waals surface area (Å²) in [7, 11) is 6.23. The number of nitrogens with zero attached hydrogens (tertiary/aromatic N) is 5. The molecule has 0 spiro atoms. The molecule has 0 aliphatic carbocycles. The standard InChI is InChI=1S/C25H39N5/c1-18(2)11-21-17-29(6)27-25(21)15-20(4)14-24-16-22(26-30(24)7)12-19(3)13-23-9-8-10-28(23)5/h8-10,16-20H,11-15H2,1-7H3. The Balaban J connectivity index is 1.59. The first-order chi connectivity index (χ1) is 14.2. The van der Waals surface area contributed by atoms with Crippen molar-refractivity contribution in [3.63, 3.8) is 0 Å². The maximum Gasteiger partial charge on any atom is 0.0659 e. The summed E-state index contributed by atoms with van der Waals surface area (Å²) in [6, 6.07) is 6.65. The first kappa shape index (κ1) is 22.4. The maximum atomic E-state index is 4.81. The molecule has 0 bridgehead atoms. The predicted molar refractivity (Wildman–Crippen MR) is 124 cm³/mol. The van der Waals surface area contributed by atoms with Gasteiger partial charge in [-0.2, -0.15) is 10.2 Å². The zero-order valence-electron chi connectivity index (χ0n) is 19.9. The first-order valence-corrected chi connectivity index (χ1v) is 11.3. The van der Waals surface area contributed by atoms with Crippen LogP contribution in [0.5, 0.6) is 0 Å². The van der Waals surface area contributed by atoms with Crippen LogP contribution in [0, 0.1) is 17.8 Å². The highest BCUT2D eigenvalue weighted by Gasteiger charge is 2.16. The van der Waals surface area contributed by atoms with Gasteiger partial charge >= 0.3 is 0 Å². The van der Waals surface area contributed by atoms with Gasteiger partial charge in [-0.25, -0.2) is 0 Å². The third-order valence-corrected chi connectivity index (χ3v) is 5.91. The molecule has 0 aliphatic rings. The smallest absolute Gasteiger partial charge is 0.0659 e. The summed E-state index contributed by atoms with van der Waals surface area (Å²) in [6.07, 6.45) is 9.58. The average molecular weight is 410 g/mol. The van der Waals surface area contributed by atoms with Crippen molar-refractivity contribution in [2.75, 3.05) is 0 Å². The fourth-order valence-electron chi connectivity index (χ4n) is 4.48. The van der Waals surface area contributed by atoms with Crippen molar-refractivity contribution in [1.82, 2.24) is 24.1 Å². The minimum absolute atomic E-state index is 0.537. The van der Waals surface area contributed by atoms with Gasteiger partial charge in [0.05, 0.1) is 11.4 Å². The number of hydrogen-bond acceptors (Lipinski definition) is 2. The zero-order valence-corrected chi connectivity index (χ0v) is 19.9. The van der Waals surface area contributed by atoms with Gasteiger partial charge in [0, 0.05) is 44.9 Å². The molecule has 0 N–H and O–H groups in total. The molecule has 30 heavy (non-hydrogen) atoms. The second-order valence-corrected chi connectivity index (χ2v) is 9.76. The lowest BCUT2D eigenvalue weighted by Gasteiger charge is -2.12.